The topological polar surface area (TPSA) is 49.8 Å². The molecule has 0 amide bonds. The summed E-state index contributed by atoms with van der Waals surface area (Å²) in [4.78, 5) is 0. The summed E-state index contributed by atoms with van der Waals surface area (Å²) in [7, 11) is 0. The molecule has 2 rings (SSSR count). The molecule has 66 valence electrons. The fourth-order valence-electron chi connectivity index (χ4n) is 1.43. The third kappa shape index (κ3) is 1.15. The van der Waals surface area contributed by atoms with Crippen LogP contribution in [0.5, 0.6) is 0 Å². The molecule has 0 bridgehead atoms. The van der Waals surface area contributed by atoms with Gasteiger partial charge in [0.2, 0.25) is 0 Å². The van der Waals surface area contributed by atoms with Crippen LogP contribution >= 0.6 is 0 Å². The lowest BCUT2D eigenvalue weighted by atomic mass is 9.97. The summed E-state index contributed by atoms with van der Waals surface area (Å²) in [5.41, 5.74) is 6.01. The monoisotopic (exact) mass is 176 g/mol. The number of rotatable bonds is 1. The summed E-state index contributed by atoms with van der Waals surface area (Å²) >= 11 is 0. The molecule has 1 aromatic rings. The van der Waals surface area contributed by atoms with Crippen LogP contribution in [-0.2, 0) is 5.41 Å². The molecular formula is C10H9FN2. The first kappa shape index (κ1) is 8.06. The standard InChI is InChI=1S/C10H9FN2/c11-8-2-1-7(5-9(8)13)10(6-12)3-4-10/h1-2,5H,3-4,13H2. The lowest BCUT2D eigenvalue weighted by molar-refractivity contribution is 0.631. The van der Waals surface area contributed by atoms with Crippen molar-refractivity contribution in [2.24, 2.45) is 0 Å². The Labute approximate surface area is 75.8 Å². The van der Waals surface area contributed by atoms with E-state index in [1.165, 1.54) is 6.07 Å². The molecule has 2 N–H and O–H groups in total. The number of nitrogens with zero attached hydrogens (tertiary/aromatic N) is 1. The minimum atomic E-state index is -0.419. The summed E-state index contributed by atoms with van der Waals surface area (Å²) in [5.74, 6) is -0.419. The summed E-state index contributed by atoms with van der Waals surface area (Å²) in [6.07, 6.45) is 1.71. The molecule has 0 heterocycles. The number of nitriles is 1. The van der Waals surface area contributed by atoms with E-state index in [1.807, 2.05) is 0 Å². The van der Waals surface area contributed by atoms with Gasteiger partial charge < -0.3 is 5.73 Å². The van der Waals surface area contributed by atoms with Crippen LogP contribution in [0.4, 0.5) is 10.1 Å². The second-order valence-electron chi connectivity index (χ2n) is 3.43. The number of hydrogen-bond donors (Lipinski definition) is 1. The SMILES string of the molecule is N#CC1(c2ccc(F)c(N)c2)CC1. The van der Waals surface area contributed by atoms with Gasteiger partial charge in [0.25, 0.3) is 0 Å². The van der Waals surface area contributed by atoms with Crippen LogP contribution < -0.4 is 5.73 Å². The highest BCUT2D eigenvalue weighted by Gasteiger charge is 2.44. The molecule has 1 fully saturated rings. The van der Waals surface area contributed by atoms with Gasteiger partial charge in [0, 0.05) is 0 Å². The van der Waals surface area contributed by atoms with Crippen LogP contribution in [-0.4, -0.2) is 0 Å². The number of hydrogen-bond acceptors (Lipinski definition) is 2. The minimum Gasteiger partial charge on any atom is -0.396 e. The van der Waals surface area contributed by atoms with Gasteiger partial charge in [0.05, 0.1) is 17.2 Å². The molecule has 0 aliphatic heterocycles. The van der Waals surface area contributed by atoms with E-state index < -0.39 is 5.82 Å². The van der Waals surface area contributed by atoms with Gasteiger partial charge in [0.1, 0.15) is 5.82 Å². The summed E-state index contributed by atoms with van der Waals surface area (Å²) in [6.45, 7) is 0. The second-order valence-corrected chi connectivity index (χ2v) is 3.43. The highest BCUT2D eigenvalue weighted by atomic mass is 19.1. The van der Waals surface area contributed by atoms with Gasteiger partial charge in [-0.05, 0) is 30.5 Å². The van der Waals surface area contributed by atoms with Crippen molar-refractivity contribution in [2.45, 2.75) is 18.3 Å². The van der Waals surface area contributed by atoms with Crippen molar-refractivity contribution >= 4 is 5.69 Å². The number of anilines is 1. The van der Waals surface area contributed by atoms with E-state index in [0.29, 0.717) is 0 Å². The number of benzene rings is 1. The average molecular weight is 176 g/mol. The van der Waals surface area contributed by atoms with Crippen LogP contribution in [0.3, 0.4) is 0 Å². The first-order valence-corrected chi connectivity index (χ1v) is 4.15. The zero-order chi connectivity index (χ0) is 9.47. The van der Waals surface area contributed by atoms with Gasteiger partial charge in [-0.3, -0.25) is 0 Å². The number of nitrogens with two attached hydrogens (primary N) is 1. The Balaban J connectivity index is 2.44. The molecule has 0 spiro atoms. The van der Waals surface area contributed by atoms with Crippen LogP contribution in [0.1, 0.15) is 18.4 Å². The molecule has 1 aliphatic rings. The zero-order valence-corrected chi connectivity index (χ0v) is 7.05. The third-order valence-corrected chi connectivity index (χ3v) is 2.51. The highest BCUT2D eigenvalue weighted by Crippen LogP contribution is 2.47. The smallest absolute Gasteiger partial charge is 0.146 e. The molecule has 0 unspecified atom stereocenters. The van der Waals surface area contributed by atoms with Crippen molar-refractivity contribution in [2.75, 3.05) is 5.73 Å². The number of halogens is 1. The first-order valence-electron chi connectivity index (χ1n) is 4.15. The van der Waals surface area contributed by atoms with Gasteiger partial charge in [-0.1, -0.05) is 6.07 Å². The first-order chi connectivity index (χ1) is 6.18. The van der Waals surface area contributed by atoms with E-state index in [-0.39, 0.29) is 11.1 Å². The van der Waals surface area contributed by atoms with E-state index in [2.05, 4.69) is 6.07 Å². The molecule has 0 saturated heterocycles. The van der Waals surface area contributed by atoms with Gasteiger partial charge in [0.15, 0.2) is 0 Å². The Kier molecular flexibility index (Phi) is 1.53. The van der Waals surface area contributed by atoms with Crippen molar-refractivity contribution < 1.29 is 4.39 Å². The molecule has 1 aliphatic carbocycles. The molecule has 0 radical (unpaired) electrons. The molecule has 1 aromatic carbocycles. The molecule has 2 nitrogen and oxygen atoms in total. The van der Waals surface area contributed by atoms with E-state index in [9.17, 15) is 4.39 Å². The van der Waals surface area contributed by atoms with E-state index in [1.54, 1.807) is 12.1 Å². The Hall–Kier alpha value is -1.56. The Morgan fingerprint density at radius 2 is 2.15 bits per heavy atom. The fraction of sp³-hybridized carbons (Fsp3) is 0.300. The van der Waals surface area contributed by atoms with Crippen LogP contribution in [0.2, 0.25) is 0 Å². The highest BCUT2D eigenvalue weighted by molar-refractivity contribution is 5.49. The molecular weight excluding hydrogens is 167 g/mol. The predicted octanol–water partition coefficient (Wildman–Crippen LogP) is 1.96. The van der Waals surface area contributed by atoms with Crippen molar-refractivity contribution in [1.29, 1.82) is 5.26 Å². The Bertz CT molecular complexity index is 388. The van der Waals surface area contributed by atoms with E-state index in [4.69, 9.17) is 11.0 Å². The van der Waals surface area contributed by atoms with Gasteiger partial charge in [-0.15, -0.1) is 0 Å². The summed E-state index contributed by atoms with van der Waals surface area (Å²) in [5, 5.41) is 8.89. The average Bonchev–Trinajstić information content (AvgIpc) is 2.90. The fourth-order valence-corrected chi connectivity index (χ4v) is 1.43. The maximum Gasteiger partial charge on any atom is 0.146 e. The zero-order valence-electron chi connectivity index (χ0n) is 7.05. The normalized spacial score (nSPS) is 17.8. The van der Waals surface area contributed by atoms with Crippen LogP contribution in [0.15, 0.2) is 18.2 Å². The molecule has 1 saturated carbocycles. The lowest BCUT2D eigenvalue weighted by Crippen LogP contribution is -2.04. The maximum absolute atomic E-state index is 12.8. The number of nitrogen functional groups attached to an aromatic ring is 1. The van der Waals surface area contributed by atoms with Crippen LogP contribution in [0, 0.1) is 17.1 Å². The van der Waals surface area contributed by atoms with Gasteiger partial charge >= 0.3 is 0 Å². The molecule has 13 heavy (non-hydrogen) atoms. The third-order valence-electron chi connectivity index (χ3n) is 2.51. The Morgan fingerprint density at radius 1 is 1.46 bits per heavy atom. The summed E-state index contributed by atoms with van der Waals surface area (Å²) in [6, 6.07) is 6.76. The van der Waals surface area contributed by atoms with Crippen molar-refractivity contribution in [3.8, 4) is 6.07 Å². The van der Waals surface area contributed by atoms with Crippen molar-refractivity contribution in [3.05, 3.63) is 29.6 Å². The van der Waals surface area contributed by atoms with Crippen LogP contribution in [0.25, 0.3) is 0 Å². The summed E-state index contributed by atoms with van der Waals surface area (Å²) < 4.78 is 12.8. The van der Waals surface area contributed by atoms with E-state index >= 15 is 0 Å². The second kappa shape index (κ2) is 2.46. The maximum atomic E-state index is 12.8. The Morgan fingerprint density at radius 3 is 2.62 bits per heavy atom. The van der Waals surface area contributed by atoms with E-state index in [0.717, 1.165) is 18.4 Å². The lowest BCUT2D eigenvalue weighted by Gasteiger charge is -2.06. The molecule has 3 heteroatoms. The minimum absolute atomic E-state index is 0.124. The largest absolute Gasteiger partial charge is 0.396 e. The quantitative estimate of drug-likeness (QED) is 0.665. The van der Waals surface area contributed by atoms with Crippen molar-refractivity contribution in [3.63, 3.8) is 0 Å². The molecule has 0 atom stereocenters. The predicted molar refractivity (Wildman–Crippen MR) is 47.3 cm³/mol. The van der Waals surface area contributed by atoms with Gasteiger partial charge in [-0.2, -0.15) is 5.26 Å². The molecule has 0 aromatic heterocycles. The van der Waals surface area contributed by atoms with Crippen molar-refractivity contribution in [1.82, 2.24) is 0 Å². The van der Waals surface area contributed by atoms with Gasteiger partial charge in [-0.25, -0.2) is 4.39 Å².